The highest BCUT2D eigenvalue weighted by Gasteiger charge is 2.48. The fraction of sp³-hybridized carbons (Fsp3) is 0.414. The number of benzene rings is 2. The molecule has 1 saturated carbocycles. The molecule has 0 bridgehead atoms. The Bertz CT molecular complexity index is 1300. The molecule has 1 fully saturated rings. The van der Waals surface area contributed by atoms with E-state index in [1.54, 1.807) is 0 Å². The van der Waals surface area contributed by atoms with Gasteiger partial charge < -0.3 is 14.6 Å². The number of hydrogen-bond acceptors (Lipinski definition) is 4. The fourth-order valence-corrected chi connectivity index (χ4v) is 5.86. The van der Waals surface area contributed by atoms with Crippen LogP contribution >= 0.6 is 0 Å². The van der Waals surface area contributed by atoms with Crippen molar-refractivity contribution in [3.05, 3.63) is 76.5 Å². The van der Waals surface area contributed by atoms with Crippen molar-refractivity contribution in [3.63, 3.8) is 0 Å². The number of para-hydroxylation sites is 1. The Kier molecular flexibility index (Phi) is 6.47. The lowest BCUT2D eigenvalue weighted by atomic mass is 9.86. The molecule has 1 aliphatic heterocycles. The molecule has 36 heavy (non-hydrogen) atoms. The molecule has 2 atom stereocenters. The second kappa shape index (κ2) is 9.45. The Balaban J connectivity index is 1.62. The lowest BCUT2D eigenvalue weighted by molar-refractivity contribution is -0.134. The van der Waals surface area contributed by atoms with Crippen molar-refractivity contribution in [2.24, 2.45) is 5.41 Å². The summed E-state index contributed by atoms with van der Waals surface area (Å²) in [6, 6.07) is 10.2. The molecular weight excluding hydrogens is 460 g/mol. The van der Waals surface area contributed by atoms with Crippen molar-refractivity contribution in [1.29, 1.82) is 0 Å². The first-order valence-electron chi connectivity index (χ1n) is 12.5. The molecule has 1 aromatic heterocycles. The molecular formula is C29H33F2N3O2. The first-order chi connectivity index (χ1) is 17.2. The zero-order chi connectivity index (χ0) is 25.6. The van der Waals surface area contributed by atoms with Gasteiger partial charge in [-0.2, -0.15) is 0 Å². The molecule has 0 amide bonds. The quantitative estimate of drug-likeness (QED) is 0.358. The van der Waals surface area contributed by atoms with Gasteiger partial charge in [0, 0.05) is 47.4 Å². The minimum Gasteiger partial charge on any atom is -0.466 e. The van der Waals surface area contributed by atoms with Gasteiger partial charge in [0.25, 0.3) is 0 Å². The summed E-state index contributed by atoms with van der Waals surface area (Å²) in [5.74, 6) is -1.82. The number of carbonyl (C=O) groups excluding carboxylic acids is 1. The Hall–Kier alpha value is -3.03. The Labute approximate surface area is 210 Å². The fourth-order valence-electron chi connectivity index (χ4n) is 5.86. The number of nitrogens with zero attached hydrogens (tertiary/aromatic N) is 2. The molecule has 2 aromatic carbocycles. The van der Waals surface area contributed by atoms with E-state index in [2.05, 4.69) is 46.6 Å². The summed E-state index contributed by atoms with van der Waals surface area (Å²) in [5.41, 5.74) is 3.43. The van der Waals surface area contributed by atoms with E-state index in [0.29, 0.717) is 0 Å². The second-order valence-electron chi connectivity index (χ2n) is 10.7. The average molecular weight is 494 g/mol. The van der Waals surface area contributed by atoms with Gasteiger partial charge in [-0.1, -0.05) is 18.2 Å². The molecule has 0 saturated heterocycles. The topological polar surface area (TPSA) is 48.6 Å². The largest absolute Gasteiger partial charge is 0.466 e. The molecule has 1 N–H and O–H groups in total. The highest BCUT2D eigenvalue weighted by atomic mass is 19.1. The highest BCUT2D eigenvalue weighted by Crippen LogP contribution is 2.51. The summed E-state index contributed by atoms with van der Waals surface area (Å²) >= 11 is 0. The average Bonchev–Trinajstić information content (AvgIpc) is 3.48. The maximum atomic E-state index is 15.8. The monoisotopic (exact) mass is 493 g/mol. The van der Waals surface area contributed by atoms with E-state index in [0.717, 1.165) is 60.6 Å². The summed E-state index contributed by atoms with van der Waals surface area (Å²) in [7, 11) is 5.41. The number of hydrogen-bond donors (Lipinski definition) is 1. The third kappa shape index (κ3) is 4.58. The SMILES string of the molecule is COC(=O)/C=C/c1cc(F)c([C@@H]2c3[nH]c4ccccc4c3C[C@@H](C)N2CC2(CN(C)C)CC2)c(F)c1. The Morgan fingerprint density at radius 1 is 1.22 bits per heavy atom. The number of fused-ring (bicyclic) bond motifs is 3. The Morgan fingerprint density at radius 2 is 1.92 bits per heavy atom. The number of H-pyrrole nitrogens is 1. The number of ether oxygens (including phenoxy) is 1. The summed E-state index contributed by atoms with van der Waals surface area (Å²) in [6.07, 6.45) is 5.58. The molecule has 2 heterocycles. The van der Waals surface area contributed by atoms with Crippen LogP contribution in [0.25, 0.3) is 17.0 Å². The molecule has 1 aliphatic carbocycles. The molecule has 5 rings (SSSR count). The van der Waals surface area contributed by atoms with Crippen LogP contribution in [0.1, 0.15) is 48.2 Å². The predicted molar refractivity (Wildman–Crippen MR) is 138 cm³/mol. The number of carbonyl (C=O) groups is 1. The first kappa shape index (κ1) is 24.7. The van der Waals surface area contributed by atoms with Crippen LogP contribution in [0.4, 0.5) is 8.78 Å². The number of nitrogens with one attached hydrogen (secondary N) is 1. The van der Waals surface area contributed by atoms with Gasteiger partial charge in [-0.15, -0.1) is 0 Å². The van der Waals surface area contributed by atoms with E-state index >= 15 is 8.78 Å². The minimum atomic E-state index is -0.620. The maximum Gasteiger partial charge on any atom is 0.330 e. The van der Waals surface area contributed by atoms with Crippen LogP contribution in [0.3, 0.4) is 0 Å². The summed E-state index contributed by atoms with van der Waals surface area (Å²) in [4.78, 5) is 19.5. The summed E-state index contributed by atoms with van der Waals surface area (Å²) in [6.45, 7) is 3.88. The molecule has 0 radical (unpaired) electrons. The van der Waals surface area contributed by atoms with Crippen molar-refractivity contribution in [2.45, 2.75) is 38.3 Å². The van der Waals surface area contributed by atoms with Crippen molar-refractivity contribution >= 4 is 22.9 Å². The number of methoxy groups -OCH3 is 1. The van der Waals surface area contributed by atoms with Gasteiger partial charge in [0.1, 0.15) is 11.6 Å². The smallest absolute Gasteiger partial charge is 0.330 e. The molecule has 2 aliphatic rings. The summed E-state index contributed by atoms with van der Waals surface area (Å²) in [5, 5.41) is 1.11. The molecule has 5 nitrogen and oxygen atoms in total. The van der Waals surface area contributed by atoms with E-state index < -0.39 is 23.6 Å². The van der Waals surface area contributed by atoms with Crippen LogP contribution in [0.15, 0.2) is 42.5 Å². The van der Waals surface area contributed by atoms with Crippen molar-refractivity contribution < 1.29 is 18.3 Å². The molecule has 7 heteroatoms. The van der Waals surface area contributed by atoms with Gasteiger partial charge in [-0.3, -0.25) is 4.90 Å². The maximum absolute atomic E-state index is 15.8. The van der Waals surface area contributed by atoms with Gasteiger partial charge in [0.2, 0.25) is 0 Å². The molecule has 190 valence electrons. The van der Waals surface area contributed by atoms with Crippen LogP contribution in [-0.4, -0.2) is 61.1 Å². The highest BCUT2D eigenvalue weighted by molar-refractivity contribution is 5.87. The van der Waals surface area contributed by atoms with E-state index in [4.69, 9.17) is 0 Å². The second-order valence-corrected chi connectivity index (χ2v) is 10.7. The third-order valence-electron chi connectivity index (χ3n) is 7.63. The van der Waals surface area contributed by atoms with Crippen molar-refractivity contribution in [2.75, 3.05) is 34.3 Å². The lowest BCUT2D eigenvalue weighted by Gasteiger charge is -2.43. The summed E-state index contributed by atoms with van der Waals surface area (Å²) < 4.78 is 36.1. The minimum absolute atomic E-state index is 0.0465. The number of esters is 1. The van der Waals surface area contributed by atoms with Gasteiger partial charge in [0.05, 0.1) is 13.2 Å². The number of aromatic amines is 1. The van der Waals surface area contributed by atoms with E-state index in [-0.39, 0.29) is 22.6 Å². The van der Waals surface area contributed by atoms with Crippen LogP contribution in [0.2, 0.25) is 0 Å². The molecule has 3 aromatic rings. The standard InChI is InChI=1S/C29H33F2N3O2/c1-18-13-21-20-7-5-6-8-24(20)32-27(21)28(34(18)17-29(11-12-29)16-33(2)3)26-22(30)14-19(15-23(26)31)9-10-25(35)36-4/h5-10,14-15,18,28,32H,11-13,16-17H2,1-4H3/b10-9+/t18-,28-/m1/s1. The van der Waals surface area contributed by atoms with Gasteiger partial charge in [-0.05, 0) is 81.1 Å². The third-order valence-corrected chi connectivity index (χ3v) is 7.63. The van der Waals surface area contributed by atoms with Crippen LogP contribution in [-0.2, 0) is 16.0 Å². The number of halogens is 2. The zero-order valence-corrected chi connectivity index (χ0v) is 21.3. The van der Waals surface area contributed by atoms with E-state index in [9.17, 15) is 4.79 Å². The molecule has 0 unspecified atom stereocenters. The van der Waals surface area contributed by atoms with E-state index in [1.165, 1.54) is 25.3 Å². The van der Waals surface area contributed by atoms with E-state index in [1.807, 2.05) is 18.2 Å². The predicted octanol–water partition coefficient (Wildman–Crippen LogP) is 5.31. The Morgan fingerprint density at radius 3 is 2.56 bits per heavy atom. The van der Waals surface area contributed by atoms with Crippen LogP contribution in [0, 0.1) is 17.0 Å². The zero-order valence-electron chi connectivity index (χ0n) is 21.3. The number of rotatable bonds is 7. The normalized spacial score (nSPS) is 21.3. The first-order valence-corrected chi connectivity index (χ1v) is 12.5. The van der Waals surface area contributed by atoms with Crippen molar-refractivity contribution in [1.82, 2.24) is 14.8 Å². The van der Waals surface area contributed by atoms with Crippen molar-refractivity contribution in [3.8, 4) is 0 Å². The number of aromatic nitrogens is 1. The van der Waals surface area contributed by atoms with Gasteiger partial charge in [-0.25, -0.2) is 13.6 Å². The lowest BCUT2D eigenvalue weighted by Crippen LogP contribution is -2.47. The molecule has 0 spiro atoms. The van der Waals surface area contributed by atoms with Crippen LogP contribution in [0.5, 0.6) is 0 Å². The van der Waals surface area contributed by atoms with Crippen LogP contribution < -0.4 is 0 Å². The van der Waals surface area contributed by atoms with Gasteiger partial charge in [0.15, 0.2) is 0 Å². The van der Waals surface area contributed by atoms with Gasteiger partial charge >= 0.3 is 5.97 Å².